The molecule has 2 fully saturated rings. The summed E-state index contributed by atoms with van der Waals surface area (Å²) in [5.41, 5.74) is 0. The van der Waals surface area contributed by atoms with Gasteiger partial charge in [0.2, 0.25) is 0 Å². The maximum atomic E-state index is 4.47. The Bertz CT molecular complexity index is 509. The Kier molecular flexibility index (Phi) is 5.33. The lowest BCUT2D eigenvalue weighted by atomic mass is 10.1. The highest BCUT2D eigenvalue weighted by Crippen LogP contribution is 2.14. The van der Waals surface area contributed by atoms with Gasteiger partial charge in [-0.2, -0.15) is 0 Å². The van der Waals surface area contributed by atoms with Crippen molar-refractivity contribution in [2.75, 3.05) is 64.8 Å². The Hall–Kier alpha value is -1.82. The summed E-state index contributed by atoms with van der Waals surface area (Å²) >= 11 is 0. The van der Waals surface area contributed by atoms with Crippen LogP contribution in [0.5, 0.6) is 0 Å². The van der Waals surface area contributed by atoms with Crippen LogP contribution in [0.1, 0.15) is 6.42 Å². The van der Waals surface area contributed by atoms with Crippen molar-refractivity contribution in [1.29, 1.82) is 0 Å². The molecule has 0 saturated carbocycles. The number of piperazine rings is 1. The predicted molar refractivity (Wildman–Crippen MR) is 95.0 cm³/mol. The Morgan fingerprint density at radius 3 is 2.70 bits per heavy atom. The van der Waals surface area contributed by atoms with Gasteiger partial charge in [-0.1, -0.05) is 6.07 Å². The second kappa shape index (κ2) is 7.64. The molecule has 1 aromatic heterocycles. The number of nitrogens with zero attached hydrogens (tertiary/aromatic N) is 5. The number of nitrogens with one attached hydrogen (secondary N) is 1. The van der Waals surface area contributed by atoms with E-state index >= 15 is 0 Å². The molecule has 2 aliphatic heterocycles. The second-order valence-electron chi connectivity index (χ2n) is 6.51. The maximum Gasteiger partial charge on any atom is 0.193 e. The van der Waals surface area contributed by atoms with Crippen molar-refractivity contribution in [3.05, 3.63) is 24.4 Å². The van der Waals surface area contributed by atoms with Gasteiger partial charge in [-0.3, -0.25) is 4.99 Å². The van der Waals surface area contributed by atoms with Gasteiger partial charge in [0.25, 0.3) is 0 Å². The van der Waals surface area contributed by atoms with E-state index < -0.39 is 0 Å². The molecule has 0 spiro atoms. The molecule has 2 saturated heterocycles. The smallest absolute Gasteiger partial charge is 0.193 e. The summed E-state index contributed by atoms with van der Waals surface area (Å²) in [7, 11) is 4.08. The van der Waals surface area contributed by atoms with Crippen molar-refractivity contribution in [2.24, 2.45) is 10.9 Å². The fraction of sp³-hybridized carbons (Fsp3) is 0.647. The summed E-state index contributed by atoms with van der Waals surface area (Å²) in [6.07, 6.45) is 3.15. The number of hydrogen-bond acceptors (Lipinski definition) is 4. The number of aromatic nitrogens is 1. The third-order valence-corrected chi connectivity index (χ3v) is 4.80. The molecule has 1 unspecified atom stereocenters. The minimum atomic E-state index is 0.742. The van der Waals surface area contributed by atoms with Crippen LogP contribution in [0, 0.1) is 5.92 Å². The zero-order chi connectivity index (χ0) is 16.1. The van der Waals surface area contributed by atoms with E-state index in [-0.39, 0.29) is 0 Å². The first-order valence-electron chi connectivity index (χ1n) is 8.56. The molecular formula is C17H28N6. The van der Waals surface area contributed by atoms with Gasteiger partial charge in [0, 0.05) is 52.5 Å². The van der Waals surface area contributed by atoms with Gasteiger partial charge in [-0.15, -0.1) is 0 Å². The normalized spacial score (nSPS) is 23.4. The number of aliphatic imine (C=N–C) groups is 1. The summed E-state index contributed by atoms with van der Waals surface area (Å²) < 4.78 is 0. The molecule has 3 rings (SSSR count). The topological polar surface area (TPSA) is 47.0 Å². The van der Waals surface area contributed by atoms with E-state index in [1.165, 1.54) is 19.5 Å². The van der Waals surface area contributed by atoms with E-state index in [9.17, 15) is 0 Å². The first-order valence-corrected chi connectivity index (χ1v) is 8.56. The van der Waals surface area contributed by atoms with Gasteiger partial charge >= 0.3 is 0 Å². The number of hydrogen-bond donors (Lipinski definition) is 1. The van der Waals surface area contributed by atoms with Crippen LogP contribution in [0.15, 0.2) is 29.4 Å². The molecule has 0 aliphatic carbocycles. The first-order chi connectivity index (χ1) is 11.3. The Morgan fingerprint density at radius 2 is 2.09 bits per heavy atom. The average molecular weight is 316 g/mol. The van der Waals surface area contributed by atoms with Crippen molar-refractivity contribution >= 4 is 11.8 Å². The third-order valence-electron chi connectivity index (χ3n) is 4.80. The van der Waals surface area contributed by atoms with Crippen LogP contribution in [0.2, 0.25) is 0 Å². The Balaban J connectivity index is 1.47. The molecule has 126 valence electrons. The molecule has 6 heteroatoms. The number of likely N-dealkylation sites (tertiary alicyclic amines) is 1. The lowest BCUT2D eigenvalue weighted by molar-refractivity contribution is 0.362. The van der Waals surface area contributed by atoms with Gasteiger partial charge in [0.1, 0.15) is 5.82 Å². The molecule has 2 aliphatic rings. The number of anilines is 1. The van der Waals surface area contributed by atoms with Crippen LogP contribution < -0.4 is 10.2 Å². The highest BCUT2D eigenvalue weighted by atomic mass is 15.4. The van der Waals surface area contributed by atoms with Gasteiger partial charge in [-0.25, -0.2) is 4.98 Å². The van der Waals surface area contributed by atoms with E-state index in [0.29, 0.717) is 0 Å². The highest BCUT2D eigenvalue weighted by molar-refractivity contribution is 5.80. The first kappa shape index (κ1) is 16.1. The monoisotopic (exact) mass is 316 g/mol. The summed E-state index contributed by atoms with van der Waals surface area (Å²) in [6, 6.07) is 6.10. The van der Waals surface area contributed by atoms with Crippen molar-refractivity contribution in [3.63, 3.8) is 0 Å². The Labute approximate surface area is 139 Å². The van der Waals surface area contributed by atoms with E-state index in [1.807, 2.05) is 25.4 Å². The van der Waals surface area contributed by atoms with Crippen molar-refractivity contribution in [2.45, 2.75) is 6.42 Å². The minimum absolute atomic E-state index is 0.742. The lowest BCUT2D eigenvalue weighted by Gasteiger charge is -2.37. The molecule has 0 amide bonds. The third kappa shape index (κ3) is 4.13. The van der Waals surface area contributed by atoms with Gasteiger partial charge in [-0.05, 0) is 38.1 Å². The van der Waals surface area contributed by atoms with E-state index in [1.54, 1.807) is 0 Å². The van der Waals surface area contributed by atoms with Gasteiger partial charge < -0.3 is 20.0 Å². The van der Waals surface area contributed by atoms with Crippen LogP contribution in [-0.4, -0.2) is 80.7 Å². The average Bonchev–Trinajstić information content (AvgIpc) is 3.02. The van der Waals surface area contributed by atoms with Crippen LogP contribution >= 0.6 is 0 Å². The van der Waals surface area contributed by atoms with Crippen LogP contribution in [-0.2, 0) is 0 Å². The number of pyridine rings is 1. The minimum Gasteiger partial charge on any atom is -0.356 e. The molecular weight excluding hydrogens is 288 g/mol. The predicted octanol–water partition coefficient (Wildman–Crippen LogP) is 0.731. The SMILES string of the molecule is CN=C(NCC1CCN(C)C1)N1CCN(c2ccccn2)CC1. The quantitative estimate of drug-likeness (QED) is 0.658. The fourth-order valence-corrected chi connectivity index (χ4v) is 3.45. The van der Waals surface area contributed by atoms with Crippen molar-refractivity contribution < 1.29 is 0 Å². The molecule has 6 nitrogen and oxygen atoms in total. The largest absolute Gasteiger partial charge is 0.356 e. The second-order valence-corrected chi connectivity index (χ2v) is 6.51. The zero-order valence-corrected chi connectivity index (χ0v) is 14.3. The summed E-state index contributed by atoms with van der Waals surface area (Å²) in [4.78, 5) is 16.0. The maximum absolute atomic E-state index is 4.47. The van der Waals surface area contributed by atoms with Gasteiger partial charge in [0.05, 0.1) is 0 Å². The molecule has 1 N–H and O–H groups in total. The van der Waals surface area contributed by atoms with Crippen LogP contribution in [0.25, 0.3) is 0 Å². The van der Waals surface area contributed by atoms with Crippen LogP contribution in [0.3, 0.4) is 0 Å². The molecule has 23 heavy (non-hydrogen) atoms. The fourth-order valence-electron chi connectivity index (χ4n) is 3.45. The number of guanidine groups is 1. The van der Waals surface area contributed by atoms with E-state index in [0.717, 1.165) is 50.4 Å². The van der Waals surface area contributed by atoms with Gasteiger partial charge in [0.15, 0.2) is 5.96 Å². The Morgan fingerprint density at radius 1 is 1.26 bits per heavy atom. The summed E-state index contributed by atoms with van der Waals surface area (Å²) in [6.45, 7) is 7.39. The van der Waals surface area contributed by atoms with Crippen LogP contribution in [0.4, 0.5) is 5.82 Å². The van der Waals surface area contributed by atoms with E-state index in [2.05, 4.69) is 43.1 Å². The molecule has 3 heterocycles. The molecule has 0 bridgehead atoms. The lowest BCUT2D eigenvalue weighted by Crippen LogP contribution is -2.53. The summed E-state index contributed by atoms with van der Waals surface area (Å²) in [5.74, 6) is 2.86. The van der Waals surface area contributed by atoms with Crippen molar-refractivity contribution in [1.82, 2.24) is 20.1 Å². The standard InChI is InChI=1S/C17H28N6/c1-18-17(20-13-15-6-8-21(2)14-15)23-11-9-22(10-12-23)16-5-3-4-7-19-16/h3-5,7,15H,6,8-14H2,1-2H3,(H,18,20). The molecule has 1 aromatic rings. The molecule has 1 atom stereocenters. The number of rotatable bonds is 3. The zero-order valence-electron chi connectivity index (χ0n) is 14.3. The highest BCUT2D eigenvalue weighted by Gasteiger charge is 2.23. The molecule has 0 aromatic carbocycles. The molecule has 0 radical (unpaired) electrons. The van der Waals surface area contributed by atoms with E-state index in [4.69, 9.17) is 0 Å². The van der Waals surface area contributed by atoms with Crippen molar-refractivity contribution in [3.8, 4) is 0 Å². The summed E-state index contributed by atoms with van der Waals surface area (Å²) in [5, 5.41) is 3.57.